The van der Waals surface area contributed by atoms with E-state index in [1.807, 2.05) is 0 Å². The van der Waals surface area contributed by atoms with Crippen molar-refractivity contribution in [2.24, 2.45) is 5.10 Å². The molecule has 0 radical (unpaired) electrons. The second-order valence-electron chi connectivity index (χ2n) is 6.73. The number of hydrogen-bond acceptors (Lipinski definition) is 6. The molecule has 0 saturated carbocycles. The summed E-state index contributed by atoms with van der Waals surface area (Å²) in [7, 11) is 1.44. The highest BCUT2D eigenvalue weighted by Gasteiger charge is 2.13. The van der Waals surface area contributed by atoms with E-state index in [-0.39, 0.29) is 12.6 Å². The summed E-state index contributed by atoms with van der Waals surface area (Å²) in [5.74, 6) is -1.41. The van der Waals surface area contributed by atoms with Crippen LogP contribution in [0.1, 0.15) is 19.4 Å². The minimum atomic E-state index is -0.881. The Kier molecular flexibility index (Phi) is 9.30. The van der Waals surface area contributed by atoms with Gasteiger partial charge in [-0.25, -0.2) is 5.43 Å². The number of ether oxygens (including phenoxy) is 2. The summed E-state index contributed by atoms with van der Waals surface area (Å²) in [6, 6.07) is 9.31. The van der Waals surface area contributed by atoms with Crippen molar-refractivity contribution in [2.75, 3.05) is 19.0 Å². The van der Waals surface area contributed by atoms with Gasteiger partial charge in [-0.1, -0.05) is 23.2 Å². The number of carbonyl (C=O) groups is 3. The Hall–Kier alpha value is -3.30. The molecule has 9 nitrogen and oxygen atoms in total. The molecular weight excluding hydrogens is 459 g/mol. The molecule has 0 aliphatic heterocycles. The van der Waals surface area contributed by atoms with Crippen molar-refractivity contribution in [2.45, 2.75) is 19.9 Å². The van der Waals surface area contributed by atoms with E-state index in [2.05, 4.69) is 21.2 Å². The Labute approximate surface area is 195 Å². The van der Waals surface area contributed by atoms with Crippen LogP contribution in [0, 0.1) is 0 Å². The summed E-state index contributed by atoms with van der Waals surface area (Å²) < 4.78 is 10.8. The topological polar surface area (TPSA) is 118 Å². The smallest absolute Gasteiger partial charge is 0.329 e. The van der Waals surface area contributed by atoms with Crippen molar-refractivity contribution in [1.82, 2.24) is 10.7 Å². The van der Waals surface area contributed by atoms with Crippen LogP contribution >= 0.6 is 23.2 Å². The number of hydrogen-bond donors (Lipinski definition) is 3. The number of benzene rings is 2. The molecule has 0 fully saturated rings. The van der Waals surface area contributed by atoms with Crippen LogP contribution in [0.5, 0.6) is 11.5 Å². The average Bonchev–Trinajstić information content (AvgIpc) is 2.71. The first-order valence-corrected chi connectivity index (χ1v) is 10.1. The zero-order valence-electron chi connectivity index (χ0n) is 17.6. The van der Waals surface area contributed by atoms with E-state index in [0.717, 1.165) is 0 Å². The normalized spacial score (nSPS) is 10.7. The Balaban J connectivity index is 1.94. The second kappa shape index (κ2) is 11.9. The predicted octanol–water partition coefficient (Wildman–Crippen LogP) is 2.99. The first-order chi connectivity index (χ1) is 15.2. The van der Waals surface area contributed by atoms with Gasteiger partial charge in [-0.05, 0) is 55.8 Å². The maximum atomic E-state index is 12.1. The van der Waals surface area contributed by atoms with Crippen LogP contribution in [0.25, 0.3) is 0 Å². The van der Waals surface area contributed by atoms with Gasteiger partial charge in [-0.2, -0.15) is 5.10 Å². The van der Waals surface area contributed by atoms with Crippen LogP contribution in [0.2, 0.25) is 10.0 Å². The number of methoxy groups -OCH3 is 1. The first-order valence-electron chi connectivity index (χ1n) is 9.38. The van der Waals surface area contributed by atoms with Gasteiger partial charge in [0.05, 0.1) is 13.3 Å². The molecule has 0 saturated heterocycles. The van der Waals surface area contributed by atoms with E-state index in [1.54, 1.807) is 50.2 Å². The standard InChI is InChI=1S/C21H22Cl2N4O5/c1-12(2)25-20(29)21(30)27-24-10-13-4-5-17(18(6-13)31-3)32-11-19(28)26-16-8-14(22)7-15(23)9-16/h4-10,12H,11H2,1-3H3,(H,25,29)(H,26,28)(H,27,30)/b24-10-. The summed E-state index contributed by atoms with van der Waals surface area (Å²) in [6.07, 6.45) is 1.34. The van der Waals surface area contributed by atoms with E-state index in [9.17, 15) is 14.4 Å². The van der Waals surface area contributed by atoms with Crippen LogP contribution in [0.4, 0.5) is 5.69 Å². The molecule has 3 N–H and O–H groups in total. The Morgan fingerprint density at radius 2 is 1.72 bits per heavy atom. The lowest BCUT2D eigenvalue weighted by molar-refractivity contribution is -0.139. The quantitative estimate of drug-likeness (QED) is 0.305. The Morgan fingerprint density at radius 3 is 2.34 bits per heavy atom. The van der Waals surface area contributed by atoms with Gasteiger partial charge in [-0.15, -0.1) is 0 Å². The molecule has 0 bridgehead atoms. The van der Waals surface area contributed by atoms with Gasteiger partial charge in [0.1, 0.15) is 0 Å². The first kappa shape index (κ1) is 25.0. The zero-order valence-corrected chi connectivity index (χ0v) is 19.1. The lowest BCUT2D eigenvalue weighted by Gasteiger charge is -2.12. The van der Waals surface area contributed by atoms with Gasteiger partial charge in [0, 0.05) is 21.8 Å². The van der Waals surface area contributed by atoms with Gasteiger partial charge in [0.15, 0.2) is 18.1 Å². The lowest BCUT2D eigenvalue weighted by Crippen LogP contribution is -2.41. The fraction of sp³-hybridized carbons (Fsp3) is 0.238. The highest BCUT2D eigenvalue weighted by molar-refractivity contribution is 6.35. The lowest BCUT2D eigenvalue weighted by atomic mass is 10.2. The molecule has 0 aliphatic carbocycles. The fourth-order valence-electron chi connectivity index (χ4n) is 2.39. The highest BCUT2D eigenvalue weighted by atomic mass is 35.5. The molecule has 3 amide bonds. The monoisotopic (exact) mass is 480 g/mol. The van der Waals surface area contributed by atoms with E-state index in [1.165, 1.54) is 13.3 Å². The third-order valence-electron chi connectivity index (χ3n) is 3.70. The van der Waals surface area contributed by atoms with Crippen molar-refractivity contribution < 1.29 is 23.9 Å². The van der Waals surface area contributed by atoms with E-state index >= 15 is 0 Å². The number of nitrogens with zero attached hydrogens (tertiary/aromatic N) is 1. The molecule has 0 aromatic heterocycles. The summed E-state index contributed by atoms with van der Waals surface area (Å²) in [5, 5.41) is 9.62. The number of halogens is 2. The maximum Gasteiger partial charge on any atom is 0.329 e. The fourth-order valence-corrected chi connectivity index (χ4v) is 2.92. The molecule has 0 heterocycles. The molecule has 2 aromatic carbocycles. The molecule has 32 heavy (non-hydrogen) atoms. The third kappa shape index (κ3) is 8.09. The Bertz CT molecular complexity index is 1010. The van der Waals surface area contributed by atoms with Gasteiger partial charge >= 0.3 is 11.8 Å². The SMILES string of the molecule is COc1cc(/C=N\NC(=O)C(=O)NC(C)C)ccc1OCC(=O)Nc1cc(Cl)cc(Cl)c1. The van der Waals surface area contributed by atoms with Crippen LogP contribution in [-0.2, 0) is 14.4 Å². The van der Waals surface area contributed by atoms with Crippen molar-refractivity contribution in [3.8, 4) is 11.5 Å². The maximum absolute atomic E-state index is 12.1. The number of rotatable bonds is 8. The van der Waals surface area contributed by atoms with Gasteiger partial charge in [0.2, 0.25) is 0 Å². The number of hydrazone groups is 1. The summed E-state index contributed by atoms with van der Waals surface area (Å²) in [6.45, 7) is 3.19. The van der Waals surface area contributed by atoms with Crippen molar-refractivity contribution >= 4 is 52.8 Å². The molecule has 170 valence electrons. The number of amides is 3. The minimum Gasteiger partial charge on any atom is -0.493 e. The molecule has 0 spiro atoms. The number of carbonyl (C=O) groups excluding carboxylic acids is 3. The largest absolute Gasteiger partial charge is 0.493 e. The van der Waals surface area contributed by atoms with E-state index in [0.29, 0.717) is 32.8 Å². The number of nitrogens with one attached hydrogen (secondary N) is 3. The Morgan fingerprint density at radius 1 is 1.03 bits per heavy atom. The van der Waals surface area contributed by atoms with Crippen molar-refractivity contribution in [1.29, 1.82) is 0 Å². The average molecular weight is 481 g/mol. The minimum absolute atomic E-state index is 0.167. The molecule has 0 unspecified atom stereocenters. The molecule has 11 heteroatoms. The van der Waals surface area contributed by atoms with E-state index < -0.39 is 17.7 Å². The molecule has 0 atom stereocenters. The third-order valence-corrected chi connectivity index (χ3v) is 4.13. The summed E-state index contributed by atoms with van der Waals surface area (Å²) >= 11 is 11.8. The van der Waals surface area contributed by atoms with Gasteiger partial charge in [0.25, 0.3) is 5.91 Å². The van der Waals surface area contributed by atoms with E-state index in [4.69, 9.17) is 32.7 Å². The second-order valence-corrected chi connectivity index (χ2v) is 7.61. The highest BCUT2D eigenvalue weighted by Crippen LogP contribution is 2.28. The number of anilines is 1. The van der Waals surface area contributed by atoms with Crippen molar-refractivity contribution in [3.05, 3.63) is 52.0 Å². The summed E-state index contributed by atoms with van der Waals surface area (Å²) in [4.78, 5) is 35.3. The summed E-state index contributed by atoms with van der Waals surface area (Å²) in [5.41, 5.74) is 3.14. The van der Waals surface area contributed by atoms with Crippen LogP contribution in [-0.4, -0.2) is 43.7 Å². The molecular formula is C21H22Cl2N4O5. The molecule has 2 rings (SSSR count). The van der Waals surface area contributed by atoms with Gasteiger partial charge < -0.3 is 20.1 Å². The van der Waals surface area contributed by atoms with Crippen LogP contribution in [0.3, 0.4) is 0 Å². The predicted molar refractivity (Wildman–Crippen MR) is 123 cm³/mol. The van der Waals surface area contributed by atoms with Gasteiger partial charge in [-0.3, -0.25) is 14.4 Å². The van der Waals surface area contributed by atoms with Crippen LogP contribution < -0.4 is 25.5 Å². The molecule has 0 aliphatic rings. The van der Waals surface area contributed by atoms with Crippen molar-refractivity contribution in [3.63, 3.8) is 0 Å². The zero-order chi connectivity index (χ0) is 23.7. The molecule has 2 aromatic rings. The van der Waals surface area contributed by atoms with Crippen LogP contribution in [0.15, 0.2) is 41.5 Å².